The molecule has 0 saturated carbocycles. The molecule has 0 aliphatic carbocycles. The third-order valence-corrected chi connectivity index (χ3v) is 4.45. The second-order valence-corrected chi connectivity index (χ2v) is 6.30. The summed E-state index contributed by atoms with van der Waals surface area (Å²) in [6.07, 6.45) is 1.50. The topological polar surface area (TPSA) is 102 Å². The highest BCUT2D eigenvalue weighted by atomic mass is 16.5. The quantitative estimate of drug-likeness (QED) is 0.428. The molecule has 1 atom stereocenters. The molecular formula is C21H24N2O6. The number of imide groups is 1. The van der Waals surface area contributed by atoms with Crippen LogP contribution in [0, 0.1) is 0 Å². The number of methoxy groups -OCH3 is 1. The van der Waals surface area contributed by atoms with Crippen molar-refractivity contribution in [1.82, 2.24) is 10.2 Å². The molecule has 1 heterocycles. The van der Waals surface area contributed by atoms with Crippen LogP contribution >= 0.6 is 0 Å². The van der Waals surface area contributed by atoms with Crippen molar-refractivity contribution >= 4 is 23.9 Å². The van der Waals surface area contributed by atoms with Crippen molar-refractivity contribution in [3.8, 4) is 0 Å². The Morgan fingerprint density at radius 2 is 1.97 bits per heavy atom. The van der Waals surface area contributed by atoms with E-state index in [1.54, 1.807) is 32.1 Å². The van der Waals surface area contributed by atoms with Gasteiger partial charge in [0.25, 0.3) is 0 Å². The fraction of sp³-hybridized carbons (Fsp3) is 0.333. The molecule has 1 aromatic carbocycles. The van der Waals surface area contributed by atoms with Crippen molar-refractivity contribution in [2.75, 3.05) is 13.7 Å². The minimum absolute atomic E-state index is 0.126. The molecule has 154 valence electrons. The molecule has 29 heavy (non-hydrogen) atoms. The smallest absolute Gasteiger partial charge is 0.338 e. The average molecular weight is 400 g/mol. The Balaban J connectivity index is 2.67. The summed E-state index contributed by atoms with van der Waals surface area (Å²) in [4.78, 5) is 50.8. The van der Waals surface area contributed by atoms with Crippen LogP contribution in [0.2, 0.25) is 0 Å². The lowest BCUT2D eigenvalue weighted by Crippen LogP contribution is -2.52. The van der Waals surface area contributed by atoms with Crippen LogP contribution in [0.4, 0.5) is 4.79 Å². The molecule has 0 bridgehead atoms. The van der Waals surface area contributed by atoms with Gasteiger partial charge in [-0.3, -0.25) is 14.5 Å². The number of ether oxygens (including phenoxy) is 2. The van der Waals surface area contributed by atoms with Crippen LogP contribution in [0.3, 0.4) is 0 Å². The number of hydrogen-bond acceptors (Lipinski definition) is 6. The zero-order chi connectivity index (χ0) is 21.6. The van der Waals surface area contributed by atoms with E-state index in [1.807, 2.05) is 12.1 Å². The summed E-state index contributed by atoms with van der Waals surface area (Å²) in [5.41, 5.74) is 1.77. The fourth-order valence-electron chi connectivity index (χ4n) is 3.19. The van der Waals surface area contributed by atoms with Crippen molar-refractivity contribution in [1.29, 1.82) is 0 Å². The van der Waals surface area contributed by atoms with Crippen LogP contribution in [-0.4, -0.2) is 42.5 Å². The number of carbonyl (C=O) groups excluding carboxylic acids is 4. The molecule has 3 amide bonds. The SMILES string of the molecule is C=CCc1ccccc1C1C(C(=O)OCC)=C(C)NC(=O)N1C(=O)CC(=O)OC. The molecule has 1 N–H and O–H groups in total. The number of rotatable bonds is 7. The molecule has 1 aliphatic heterocycles. The van der Waals surface area contributed by atoms with Crippen molar-refractivity contribution in [2.24, 2.45) is 0 Å². The Morgan fingerprint density at radius 3 is 2.59 bits per heavy atom. The van der Waals surface area contributed by atoms with Crippen LogP contribution in [0.1, 0.15) is 37.4 Å². The lowest BCUT2D eigenvalue weighted by Gasteiger charge is -2.37. The Hall–Kier alpha value is -3.42. The summed E-state index contributed by atoms with van der Waals surface area (Å²) < 4.78 is 9.72. The molecular weight excluding hydrogens is 376 g/mol. The van der Waals surface area contributed by atoms with Gasteiger partial charge in [0.15, 0.2) is 0 Å². The lowest BCUT2D eigenvalue weighted by molar-refractivity contribution is -0.146. The van der Waals surface area contributed by atoms with E-state index in [1.165, 1.54) is 0 Å². The van der Waals surface area contributed by atoms with Crippen molar-refractivity contribution in [3.63, 3.8) is 0 Å². The number of nitrogens with one attached hydrogen (secondary N) is 1. The van der Waals surface area contributed by atoms with Gasteiger partial charge in [-0.05, 0) is 31.4 Å². The highest BCUT2D eigenvalue weighted by Crippen LogP contribution is 2.36. The maximum Gasteiger partial charge on any atom is 0.338 e. The number of allylic oxidation sites excluding steroid dienone is 2. The first-order valence-electron chi connectivity index (χ1n) is 9.12. The minimum atomic E-state index is -1.05. The Labute approximate surface area is 169 Å². The van der Waals surface area contributed by atoms with Gasteiger partial charge in [-0.2, -0.15) is 0 Å². The fourth-order valence-corrected chi connectivity index (χ4v) is 3.19. The van der Waals surface area contributed by atoms with Crippen molar-refractivity contribution in [2.45, 2.75) is 32.7 Å². The summed E-state index contributed by atoms with van der Waals surface area (Å²) in [7, 11) is 1.15. The monoisotopic (exact) mass is 400 g/mol. The number of urea groups is 1. The van der Waals surface area contributed by atoms with Gasteiger partial charge in [0, 0.05) is 5.70 Å². The molecule has 0 aromatic heterocycles. The third-order valence-electron chi connectivity index (χ3n) is 4.45. The van der Waals surface area contributed by atoms with Crippen LogP contribution in [-0.2, 0) is 30.3 Å². The molecule has 1 unspecified atom stereocenters. The highest BCUT2D eigenvalue weighted by Gasteiger charge is 2.42. The summed E-state index contributed by atoms with van der Waals surface area (Å²) in [5.74, 6) is -2.23. The summed E-state index contributed by atoms with van der Waals surface area (Å²) in [6.45, 7) is 7.09. The third kappa shape index (κ3) is 4.71. The van der Waals surface area contributed by atoms with Gasteiger partial charge in [0.05, 0.1) is 19.3 Å². The Morgan fingerprint density at radius 1 is 1.28 bits per heavy atom. The predicted molar refractivity (Wildman–Crippen MR) is 104 cm³/mol. The first-order valence-corrected chi connectivity index (χ1v) is 9.12. The van der Waals surface area contributed by atoms with Gasteiger partial charge in [0.2, 0.25) is 5.91 Å². The first kappa shape index (κ1) is 21.9. The van der Waals surface area contributed by atoms with Gasteiger partial charge in [-0.15, -0.1) is 6.58 Å². The minimum Gasteiger partial charge on any atom is -0.469 e. The molecule has 1 aromatic rings. The van der Waals surface area contributed by atoms with Gasteiger partial charge >= 0.3 is 18.0 Å². The molecule has 8 heteroatoms. The van der Waals surface area contributed by atoms with E-state index >= 15 is 0 Å². The highest BCUT2D eigenvalue weighted by molar-refractivity contribution is 6.06. The van der Waals surface area contributed by atoms with E-state index in [9.17, 15) is 19.2 Å². The summed E-state index contributed by atoms with van der Waals surface area (Å²) in [5, 5.41) is 2.51. The Kier molecular flexibility index (Phi) is 7.30. The van der Waals surface area contributed by atoms with Gasteiger partial charge in [-0.25, -0.2) is 9.59 Å². The maximum atomic E-state index is 12.8. The van der Waals surface area contributed by atoms with Crippen molar-refractivity contribution < 1.29 is 28.7 Å². The number of benzene rings is 1. The number of nitrogens with zero attached hydrogens (tertiary/aromatic N) is 1. The van der Waals surface area contributed by atoms with Gasteiger partial charge < -0.3 is 14.8 Å². The van der Waals surface area contributed by atoms with Crippen molar-refractivity contribution in [3.05, 3.63) is 59.3 Å². The lowest BCUT2D eigenvalue weighted by atomic mass is 9.89. The zero-order valence-electron chi connectivity index (χ0n) is 16.7. The average Bonchev–Trinajstić information content (AvgIpc) is 2.68. The second-order valence-electron chi connectivity index (χ2n) is 6.30. The first-order chi connectivity index (χ1) is 13.8. The molecule has 0 fully saturated rings. The number of esters is 2. The van der Waals surface area contributed by atoms with Crippen LogP contribution in [0.5, 0.6) is 0 Å². The standard InChI is InChI=1S/C21H24N2O6/c1-5-9-14-10-7-8-11-15(14)19-18(20(26)29-6-2)13(3)22-21(27)23(19)16(24)12-17(25)28-4/h5,7-8,10-11,19H,1,6,9,12H2,2-4H3,(H,22,27). The molecule has 8 nitrogen and oxygen atoms in total. The summed E-state index contributed by atoms with van der Waals surface area (Å²) in [6, 6.07) is 5.33. The van der Waals surface area contributed by atoms with E-state index in [0.29, 0.717) is 12.0 Å². The zero-order valence-corrected chi connectivity index (χ0v) is 16.7. The largest absolute Gasteiger partial charge is 0.469 e. The van der Waals surface area contributed by atoms with Gasteiger partial charge in [0.1, 0.15) is 12.5 Å². The number of hydrogen-bond donors (Lipinski definition) is 1. The molecule has 1 aliphatic rings. The molecule has 2 rings (SSSR count). The van der Waals surface area contributed by atoms with E-state index in [2.05, 4.69) is 16.6 Å². The molecule has 0 radical (unpaired) electrons. The maximum absolute atomic E-state index is 12.8. The van der Waals surface area contributed by atoms with E-state index < -0.39 is 36.3 Å². The Bertz CT molecular complexity index is 874. The predicted octanol–water partition coefficient (Wildman–Crippen LogP) is 2.41. The van der Waals surface area contributed by atoms with Gasteiger partial charge in [-0.1, -0.05) is 30.3 Å². The molecule has 0 saturated heterocycles. The summed E-state index contributed by atoms with van der Waals surface area (Å²) >= 11 is 0. The van der Waals surface area contributed by atoms with E-state index in [0.717, 1.165) is 17.6 Å². The van der Waals surface area contributed by atoms with Crippen LogP contribution in [0.25, 0.3) is 0 Å². The van der Waals surface area contributed by atoms with Crippen LogP contribution in [0.15, 0.2) is 48.2 Å². The number of carbonyl (C=O) groups is 4. The molecule has 0 spiro atoms. The number of amides is 3. The van der Waals surface area contributed by atoms with E-state index in [4.69, 9.17) is 4.74 Å². The normalized spacial score (nSPS) is 16.2. The van der Waals surface area contributed by atoms with E-state index in [-0.39, 0.29) is 17.9 Å². The second kappa shape index (κ2) is 9.68. The van der Waals surface area contributed by atoms with Crippen LogP contribution < -0.4 is 5.32 Å².